The van der Waals surface area contributed by atoms with Crippen LogP contribution in [0.25, 0.3) is 0 Å². The van der Waals surface area contributed by atoms with Crippen molar-refractivity contribution in [1.29, 1.82) is 0 Å². The largest absolute Gasteiger partial charge is 0.462 e. The van der Waals surface area contributed by atoms with E-state index in [4.69, 9.17) is 14.2 Å². The van der Waals surface area contributed by atoms with Crippen molar-refractivity contribution in [3.63, 3.8) is 0 Å². The van der Waals surface area contributed by atoms with Gasteiger partial charge in [-0.2, -0.15) is 0 Å². The molecule has 5 nitrogen and oxygen atoms in total. The molecule has 0 saturated carbocycles. The number of benzene rings is 1. The van der Waals surface area contributed by atoms with E-state index in [1.807, 2.05) is 50.3 Å². The molecule has 1 N–H and O–H groups in total. The number of rotatable bonds is 9. The van der Waals surface area contributed by atoms with Gasteiger partial charge in [-0.3, -0.25) is 0 Å². The molecule has 0 radical (unpaired) electrons. The molecule has 2 rings (SSSR count). The van der Waals surface area contributed by atoms with Crippen LogP contribution >= 0.6 is 0 Å². The fraction of sp³-hybridized carbons (Fsp3) is 0.571. The van der Waals surface area contributed by atoms with E-state index >= 15 is 0 Å². The Hall–Kier alpha value is -1.69. The maximum absolute atomic E-state index is 11.7. The number of carbonyl (C=O) groups excluding carboxylic acids is 1. The summed E-state index contributed by atoms with van der Waals surface area (Å²) in [7, 11) is 0. The average molecular weight is 362 g/mol. The molecule has 1 aliphatic heterocycles. The van der Waals surface area contributed by atoms with Crippen LogP contribution in [0.15, 0.2) is 42.5 Å². The molecule has 0 spiro atoms. The van der Waals surface area contributed by atoms with Crippen molar-refractivity contribution in [2.24, 2.45) is 0 Å². The highest BCUT2D eigenvalue weighted by Gasteiger charge is 2.27. The Balaban J connectivity index is 1.55. The monoisotopic (exact) mass is 362 g/mol. The molecule has 1 heterocycles. The summed E-state index contributed by atoms with van der Waals surface area (Å²) in [5, 5.41) is 9.65. The van der Waals surface area contributed by atoms with Crippen LogP contribution in [0.3, 0.4) is 0 Å². The third kappa shape index (κ3) is 7.68. The van der Waals surface area contributed by atoms with Gasteiger partial charge in [-0.25, -0.2) is 4.79 Å². The Morgan fingerprint density at radius 1 is 1.35 bits per heavy atom. The minimum atomic E-state index is -0.402. The van der Waals surface area contributed by atoms with Crippen molar-refractivity contribution in [3.8, 4) is 0 Å². The molecule has 1 fully saturated rings. The lowest BCUT2D eigenvalue weighted by Crippen LogP contribution is -2.39. The molecule has 0 amide bonds. The number of aliphatic hydroxyl groups excluding tert-OH is 1. The zero-order valence-corrected chi connectivity index (χ0v) is 15.7. The van der Waals surface area contributed by atoms with Crippen molar-refractivity contribution in [2.75, 3.05) is 6.61 Å². The standard InChI is InChI=1S/C21H30O5/c1-16(25-21-13-12-19(22)17(2)26-21)8-6-7-11-20(23)24-15-14-18-9-4-3-5-10-18/h3-5,7,9-11,16-17,19,21-22H,6,8,12-15H2,1-2H3/b11-7+/t16-,17+,19-,21-/m1/s1. The number of carbonyl (C=O) groups is 1. The van der Waals surface area contributed by atoms with E-state index in [2.05, 4.69) is 0 Å². The third-order valence-electron chi connectivity index (χ3n) is 4.46. The second-order valence-corrected chi connectivity index (χ2v) is 6.74. The van der Waals surface area contributed by atoms with Gasteiger partial charge in [0.05, 0.1) is 24.9 Å². The highest BCUT2D eigenvalue weighted by atomic mass is 16.7. The van der Waals surface area contributed by atoms with Crippen molar-refractivity contribution < 1.29 is 24.1 Å². The first-order valence-corrected chi connectivity index (χ1v) is 9.41. The van der Waals surface area contributed by atoms with Crippen LogP contribution < -0.4 is 0 Å². The molecule has 1 aromatic carbocycles. The van der Waals surface area contributed by atoms with Crippen molar-refractivity contribution in [3.05, 3.63) is 48.0 Å². The number of allylic oxidation sites excluding steroid dienone is 1. The summed E-state index contributed by atoms with van der Waals surface area (Å²) >= 11 is 0. The zero-order valence-electron chi connectivity index (χ0n) is 15.7. The molecule has 0 aromatic heterocycles. The van der Waals surface area contributed by atoms with Gasteiger partial charge in [0.2, 0.25) is 0 Å². The first kappa shape index (κ1) is 20.6. The lowest BCUT2D eigenvalue weighted by atomic mass is 10.1. The molecule has 1 aliphatic rings. The maximum Gasteiger partial charge on any atom is 0.330 e. The van der Waals surface area contributed by atoms with Crippen LogP contribution in [0.2, 0.25) is 0 Å². The fourth-order valence-electron chi connectivity index (χ4n) is 2.84. The molecule has 1 saturated heterocycles. The quantitative estimate of drug-likeness (QED) is 0.539. The molecule has 144 valence electrons. The van der Waals surface area contributed by atoms with E-state index in [-0.39, 0.29) is 24.5 Å². The maximum atomic E-state index is 11.7. The first-order valence-electron chi connectivity index (χ1n) is 9.41. The second kappa shape index (κ2) is 11.1. The van der Waals surface area contributed by atoms with E-state index in [1.54, 1.807) is 0 Å². The Morgan fingerprint density at radius 2 is 2.12 bits per heavy atom. The topological polar surface area (TPSA) is 65.0 Å². The van der Waals surface area contributed by atoms with Gasteiger partial charge in [0.1, 0.15) is 0 Å². The highest BCUT2D eigenvalue weighted by molar-refractivity contribution is 5.81. The van der Waals surface area contributed by atoms with E-state index < -0.39 is 6.10 Å². The first-order chi connectivity index (χ1) is 12.5. The molecule has 0 aliphatic carbocycles. The lowest BCUT2D eigenvalue weighted by molar-refractivity contribution is -0.232. The van der Waals surface area contributed by atoms with Gasteiger partial charge in [-0.1, -0.05) is 36.4 Å². The predicted octanol–water partition coefficient (Wildman–Crippen LogP) is 3.40. The van der Waals surface area contributed by atoms with Crippen LogP contribution in [0.1, 0.15) is 45.1 Å². The van der Waals surface area contributed by atoms with Crippen molar-refractivity contribution in [2.45, 2.75) is 70.6 Å². The molecule has 1 aromatic rings. The van der Waals surface area contributed by atoms with Crippen LogP contribution in [0.4, 0.5) is 0 Å². The van der Waals surface area contributed by atoms with E-state index in [9.17, 15) is 9.90 Å². The Bertz CT molecular complexity index is 557. The molecule has 5 heteroatoms. The van der Waals surface area contributed by atoms with Gasteiger partial charge < -0.3 is 19.3 Å². The van der Waals surface area contributed by atoms with Crippen LogP contribution in [0.5, 0.6) is 0 Å². The summed E-state index contributed by atoms with van der Waals surface area (Å²) in [6.07, 6.45) is 6.15. The van der Waals surface area contributed by atoms with E-state index in [0.29, 0.717) is 19.4 Å². The predicted molar refractivity (Wildman–Crippen MR) is 99.6 cm³/mol. The van der Waals surface area contributed by atoms with Gasteiger partial charge in [-0.15, -0.1) is 0 Å². The van der Waals surface area contributed by atoms with Gasteiger partial charge >= 0.3 is 5.97 Å². The molecular formula is C21H30O5. The summed E-state index contributed by atoms with van der Waals surface area (Å²) < 4.78 is 16.7. The molecular weight excluding hydrogens is 332 g/mol. The van der Waals surface area contributed by atoms with Gasteiger partial charge in [0.15, 0.2) is 6.29 Å². The number of aliphatic hydroxyl groups is 1. The van der Waals surface area contributed by atoms with Crippen LogP contribution in [0, 0.1) is 0 Å². The highest BCUT2D eigenvalue weighted by Crippen LogP contribution is 2.22. The van der Waals surface area contributed by atoms with Gasteiger partial charge in [-0.05, 0) is 38.7 Å². The second-order valence-electron chi connectivity index (χ2n) is 6.74. The van der Waals surface area contributed by atoms with Crippen LogP contribution in [-0.2, 0) is 25.4 Å². The number of hydrogen-bond acceptors (Lipinski definition) is 5. The summed E-state index contributed by atoms with van der Waals surface area (Å²) in [5.41, 5.74) is 1.15. The van der Waals surface area contributed by atoms with Gasteiger partial charge in [0, 0.05) is 18.9 Å². The lowest BCUT2D eigenvalue weighted by Gasteiger charge is -2.33. The third-order valence-corrected chi connectivity index (χ3v) is 4.46. The normalized spacial score (nSPS) is 24.5. The number of hydrogen-bond donors (Lipinski definition) is 1. The molecule has 26 heavy (non-hydrogen) atoms. The van der Waals surface area contributed by atoms with Crippen LogP contribution in [-0.4, -0.2) is 42.3 Å². The van der Waals surface area contributed by atoms with E-state index in [0.717, 1.165) is 24.8 Å². The van der Waals surface area contributed by atoms with Crippen molar-refractivity contribution >= 4 is 5.97 Å². The summed E-state index contributed by atoms with van der Waals surface area (Å²) in [6, 6.07) is 9.95. The number of ether oxygens (including phenoxy) is 3. The summed E-state index contributed by atoms with van der Waals surface area (Å²) in [4.78, 5) is 11.7. The molecule has 0 unspecified atom stereocenters. The number of esters is 1. The summed E-state index contributed by atoms with van der Waals surface area (Å²) in [6.45, 7) is 4.23. The van der Waals surface area contributed by atoms with Crippen molar-refractivity contribution in [1.82, 2.24) is 0 Å². The smallest absolute Gasteiger partial charge is 0.330 e. The SMILES string of the molecule is C[C@H](CC/C=C/C(=O)OCCc1ccccc1)O[C@H]1CC[C@@H](O)[C@H](C)O1. The minimum Gasteiger partial charge on any atom is -0.462 e. The molecule has 4 atom stereocenters. The molecule has 0 bridgehead atoms. The fourth-order valence-corrected chi connectivity index (χ4v) is 2.84. The Labute approximate surface area is 156 Å². The minimum absolute atomic E-state index is 0.0289. The van der Waals surface area contributed by atoms with Gasteiger partial charge in [0.25, 0.3) is 0 Å². The average Bonchev–Trinajstić information content (AvgIpc) is 2.63. The Morgan fingerprint density at radius 3 is 2.85 bits per heavy atom. The van der Waals surface area contributed by atoms with E-state index in [1.165, 1.54) is 6.08 Å². The summed E-state index contributed by atoms with van der Waals surface area (Å²) in [5.74, 6) is -0.312. The Kier molecular flexibility index (Phi) is 8.81. The zero-order chi connectivity index (χ0) is 18.8.